The highest BCUT2D eigenvalue weighted by Gasteiger charge is 2.19. The number of ether oxygens (including phenoxy) is 4. The van der Waals surface area contributed by atoms with Gasteiger partial charge in [0.1, 0.15) is 16.5 Å². The number of nitrogens with zero attached hydrogens (tertiary/aromatic N) is 1. The number of nitrogens with one attached hydrogen (secondary N) is 1. The van der Waals surface area contributed by atoms with Crippen LogP contribution in [-0.4, -0.2) is 29.3 Å². The van der Waals surface area contributed by atoms with Crippen LogP contribution in [-0.2, 0) is 16.1 Å². The van der Waals surface area contributed by atoms with E-state index in [1.165, 1.54) is 0 Å². The molecule has 0 radical (unpaired) electrons. The SMILES string of the molecule is COCc1c(OC(=O)OC(C)C)ncc2[nH]c3ccc(Oc4cccc(Cl)c4Cl)cc3c12. The number of rotatable bonds is 6. The van der Waals surface area contributed by atoms with Crippen LogP contribution in [0.25, 0.3) is 21.8 Å². The standard InChI is InChI=1S/C23H20Cl2N2O5/c1-12(2)30-23(28)32-22-15(11-29-3)20-14-9-13(7-8-17(14)27-18(20)10-26-22)31-19-6-4-5-16(24)21(19)25/h4-10,12,27H,11H2,1-3H3. The molecule has 4 aromatic rings. The van der Waals surface area contributed by atoms with Gasteiger partial charge >= 0.3 is 6.16 Å². The van der Waals surface area contributed by atoms with Gasteiger partial charge in [0.15, 0.2) is 0 Å². The molecule has 166 valence electrons. The van der Waals surface area contributed by atoms with E-state index in [2.05, 4.69) is 9.97 Å². The number of methoxy groups -OCH3 is 1. The predicted octanol–water partition coefficient (Wildman–Crippen LogP) is 6.89. The van der Waals surface area contributed by atoms with Gasteiger partial charge in [0.25, 0.3) is 0 Å². The molecule has 0 aliphatic heterocycles. The summed E-state index contributed by atoms with van der Waals surface area (Å²) in [5.74, 6) is 1.12. The molecule has 1 N–H and O–H groups in total. The van der Waals surface area contributed by atoms with Gasteiger partial charge in [0.2, 0.25) is 5.88 Å². The lowest BCUT2D eigenvalue weighted by molar-refractivity contribution is 0.0705. The number of carbonyl (C=O) groups excluding carboxylic acids is 1. The second-order valence-corrected chi connectivity index (χ2v) is 8.05. The van der Waals surface area contributed by atoms with E-state index < -0.39 is 6.16 Å². The Morgan fingerprint density at radius 2 is 1.97 bits per heavy atom. The molecule has 9 heteroatoms. The topological polar surface area (TPSA) is 82.7 Å². The summed E-state index contributed by atoms with van der Waals surface area (Å²) >= 11 is 12.4. The summed E-state index contributed by atoms with van der Waals surface area (Å²) in [6.45, 7) is 3.65. The van der Waals surface area contributed by atoms with Gasteiger partial charge in [-0.3, -0.25) is 0 Å². The maximum absolute atomic E-state index is 12.1. The third-order valence-corrected chi connectivity index (χ3v) is 5.42. The quantitative estimate of drug-likeness (QED) is 0.306. The summed E-state index contributed by atoms with van der Waals surface area (Å²) in [4.78, 5) is 19.6. The first-order valence-electron chi connectivity index (χ1n) is 9.80. The van der Waals surface area contributed by atoms with Crippen molar-refractivity contribution in [3.63, 3.8) is 0 Å². The average Bonchev–Trinajstić information content (AvgIpc) is 3.11. The normalized spacial score (nSPS) is 11.3. The number of carbonyl (C=O) groups is 1. The van der Waals surface area contributed by atoms with Crippen LogP contribution >= 0.6 is 23.2 Å². The average molecular weight is 475 g/mol. The summed E-state index contributed by atoms with van der Waals surface area (Å²) in [5, 5.41) is 2.37. The van der Waals surface area contributed by atoms with E-state index in [1.807, 2.05) is 18.2 Å². The highest BCUT2D eigenvalue weighted by molar-refractivity contribution is 6.42. The molecule has 4 rings (SSSR count). The van der Waals surface area contributed by atoms with Gasteiger partial charge in [0, 0.05) is 23.4 Å². The van der Waals surface area contributed by atoms with Gasteiger partial charge in [0.05, 0.1) is 35.0 Å². The number of fused-ring (bicyclic) bond motifs is 3. The zero-order valence-electron chi connectivity index (χ0n) is 17.6. The molecule has 2 aromatic heterocycles. The molecule has 0 atom stereocenters. The number of benzene rings is 2. The fraction of sp³-hybridized carbons (Fsp3) is 0.217. The molecule has 2 aromatic carbocycles. The Morgan fingerprint density at radius 3 is 2.72 bits per heavy atom. The molecule has 2 heterocycles. The van der Waals surface area contributed by atoms with Crippen LogP contribution in [0.2, 0.25) is 10.0 Å². The lowest BCUT2D eigenvalue weighted by Gasteiger charge is -2.12. The highest BCUT2D eigenvalue weighted by Crippen LogP contribution is 2.38. The minimum atomic E-state index is -0.830. The molecular formula is C23H20Cl2N2O5. The third kappa shape index (κ3) is 4.46. The van der Waals surface area contributed by atoms with Gasteiger partial charge in [-0.05, 0) is 44.2 Å². The fourth-order valence-corrected chi connectivity index (χ4v) is 3.67. The summed E-state index contributed by atoms with van der Waals surface area (Å²) in [5.41, 5.74) is 2.22. The number of hydrogen-bond donors (Lipinski definition) is 1. The van der Waals surface area contributed by atoms with E-state index >= 15 is 0 Å². The Morgan fingerprint density at radius 1 is 1.16 bits per heavy atom. The summed E-state index contributed by atoms with van der Waals surface area (Å²) in [6, 6.07) is 10.7. The first-order chi connectivity index (χ1) is 15.4. The number of pyridine rings is 1. The summed E-state index contributed by atoms with van der Waals surface area (Å²) in [6.07, 6.45) is 0.452. The predicted molar refractivity (Wildman–Crippen MR) is 123 cm³/mol. The van der Waals surface area contributed by atoms with E-state index in [4.69, 9.17) is 42.1 Å². The van der Waals surface area contributed by atoms with E-state index in [1.54, 1.807) is 45.4 Å². The second-order valence-electron chi connectivity index (χ2n) is 7.27. The number of hydrogen-bond acceptors (Lipinski definition) is 6. The van der Waals surface area contributed by atoms with Crippen molar-refractivity contribution in [3.8, 4) is 17.4 Å². The Balaban J connectivity index is 1.80. The monoisotopic (exact) mass is 474 g/mol. The van der Waals surface area contributed by atoms with Crippen molar-refractivity contribution in [3.05, 3.63) is 58.2 Å². The van der Waals surface area contributed by atoms with Gasteiger partial charge in [-0.1, -0.05) is 29.3 Å². The molecule has 0 aliphatic rings. The van der Waals surface area contributed by atoms with Gasteiger partial charge in [-0.25, -0.2) is 9.78 Å². The van der Waals surface area contributed by atoms with Gasteiger partial charge in [-0.15, -0.1) is 0 Å². The Kier molecular flexibility index (Phi) is 6.41. The molecule has 0 saturated heterocycles. The molecule has 0 fully saturated rings. The molecule has 0 amide bonds. The summed E-state index contributed by atoms with van der Waals surface area (Å²) in [7, 11) is 1.56. The van der Waals surface area contributed by atoms with Gasteiger partial charge in [-0.2, -0.15) is 0 Å². The maximum Gasteiger partial charge on any atom is 0.515 e. The van der Waals surface area contributed by atoms with Crippen LogP contribution in [0, 0.1) is 0 Å². The first-order valence-corrected chi connectivity index (χ1v) is 10.6. The largest absolute Gasteiger partial charge is 0.515 e. The Bertz CT molecular complexity index is 1300. The lowest BCUT2D eigenvalue weighted by Crippen LogP contribution is -2.17. The minimum Gasteiger partial charge on any atom is -0.456 e. The van der Waals surface area contributed by atoms with Crippen molar-refractivity contribution in [2.75, 3.05) is 7.11 Å². The molecule has 0 saturated carbocycles. The first kappa shape index (κ1) is 22.2. The van der Waals surface area contributed by atoms with Crippen LogP contribution < -0.4 is 9.47 Å². The van der Waals surface area contributed by atoms with Crippen molar-refractivity contribution >= 4 is 51.2 Å². The Hall–Kier alpha value is -3.00. The van der Waals surface area contributed by atoms with E-state index in [9.17, 15) is 4.79 Å². The number of aromatic amines is 1. The van der Waals surface area contributed by atoms with Crippen LogP contribution in [0.1, 0.15) is 19.4 Å². The van der Waals surface area contributed by atoms with Crippen LogP contribution in [0.3, 0.4) is 0 Å². The van der Waals surface area contributed by atoms with Crippen LogP contribution in [0.15, 0.2) is 42.6 Å². The van der Waals surface area contributed by atoms with Crippen LogP contribution in [0.4, 0.5) is 4.79 Å². The summed E-state index contributed by atoms with van der Waals surface area (Å²) < 4.78 is 21.8. The maximum atomic E-state index is 12.1. The molecule has 7 nitrogen and oxygen atoms in total. The second kappa shape index (κ2) is 9.24. The number of halogens is 2. The zero-order valence-corrected chi connectivity index (χ0v) is 19.1. The van der Waals surface area contributed by atoms with E-state index in [-0.39, 0.29) is 18.6 Å². The van der Waals surface area contributed by atoms with Crippen molar-refractivity contribution in [1.29, 1.82) is 0 Å². The lowest BCUT2D eigenvalue weighted by atomic mass is 10.1. The van der Waals surface area contributed by atoms with Gasteiger partial charge < -0.3 is 23.9 Å². The minimum absolute atomic E-state index is 0.120. The van der Waals surface area contributed by atoms with Crippen molar-refractivity contribution < 1.29 is 23.7 Å². The molecule has 0 bridgehead atoms. The van der Waals surface area contributed by atoms with Crippen molar-refractivity contribution in [2.45, 2.75) is 26.6 Å². The van der Waals surface area contributed by atoms with E-state index in [0.29, 0.717) is 27.1 Å². The molecule has 0 aliphatic carbocycles. The molecule has 0 spiro atoms. The number of aromatic nitrogens is 2. The van der Waals surface area contributed by atoms with Crippen molar-refractivity contribution in [2.24, 2.45) is 0 Å². The van der Waals surface area contributed by atoms with Crippen LogP contribution in [0.5, 0.6) is 17.4 Å². The number of H-pyrrole nitrogens is 1. The molecular weight excluding hydrogens is 455 g/mol. The van der Waals surface area contributed by atoms with E-state index in [0.717, 1.165) is 21.8 Å². The third-order valence-electron chi connectivity index (χ3n) is 4.61. The molecule has 32 heavy (non-hydrogen) atoms. The molecule has 0 unspecified atom stereocenters. The highest BCUT2D eigenvalue weighted by atomic mass is 35.5. The van der Waals surface area contributed by atoms with Crippen molar-refractivity contribution in [1.82, 2.24) is 9.97 Å². The smallest absolute Gasteiger partial charge is 0.456 e. The Labute approximate surface area is 194 Å². The zero-order chi connectivity index (χ0) is 22.8. The fourth-order valence-electron chi connectivity index (χ4n) is 3.34.